The van der Waals surface area contributed by atoms with E-state index in [0.29, 0.717) is 6.54 Å². The average Bonchev–Trinajstić information content (AvgIpc) is 3.03. The Morgan fingerprint density at radius 1 is 1.04 bits per heavy atom. The SMILES string of the molecule is CCC(CC)NC(=O)Cn1c(NCc2ccccc2)nc2ccccc21. The van der Waals surface area contributed by atoms with Crippen LogP contribution in [0.2, 0.25) is 0 Å². The van der Waals surface area contributed by atoms with Crippen molar-refractivity contribution >= 4 is 22.9 Å². The van der Waals surface area contributed by atoms with Crippen molar-refractivity contribution in [3.8, 4) is 0 Å². The van der Waals surface area contributed by atoms with Gasteiger partial charge in [-0.2, -0.15) is 0 Å². The van der Waals surface area contributed by atoms with E-state index in [9.17, 15) is 4.79 Å². The van der Waals surface area contributed by atoms with E-state index in [1.165, 1.54) is 5.56 Å². The second-order valence-corrected chi connectivity index (χ2v) is 6.43. The van der Waals surface area contributed by atoms with E-state index in [4.69, 9.17) is 0 Å². The molecule has 0 unspecified atom stereocenters. The molecule has 1 aromatic heterocycles. The standard InChI is InChI=1S/C21H26N4O/c1-3-17(4-2)23-20(26)15-25-19-13-9-8-12-18(19)24-21(25)22-14-16-10-6-5-7-11-16/h5-13,17H,3-4,14-15H2,1-2H3,(H,22,24)(H,23,26). The van der Waals surface area contributed by atoms with Gasteiger partial charge in [0.25, 0.3) is 0 Å². The summed E-state index contributed by atoms with van der Waals surface area (Å²) < 4.78 is 1.95. The van der Waals surface area contributed by atoms with Gasteiger partial charge >= 0.3 is 0 Å². The van der Waals surface area contributed by atoms with E-state index in [2.05, 4.69) is 41.6 Å². The summed E-state index contributed by atoms with van der Waals surface area (Å²) in [4.78, 5) is 17.2. The molecule has 26 heavy (non-hydrogen) atoms. The summed E-state index contributed by atoms with van der Waals surface area (Å²) in [7, 11) is 0. The van der Waals surface area contributed by atoms with E-state index >= 15 is 0 Å². The van der Waals surface area contributed by atoms with Crippen LogP contribution in [-0.2, 0) is 17.9 Å². The molecule has 2 aromatic carbocycles. The molecule has 0 aliphatic carbocycles. The van der Waals surface area contributed by atoms with Crippen molar-refractivity contribution < 1.29 is 4.79 Å². The van der Waals surface area contributed by atoms with Crippen LogP contribution in [0.3, 0.4) is 0 Å². The number of aromatic nitrogens is 2. The maximum absolute atomic E-state index is 12.5. The van der Waals surface area contributed by atoms with E-state index in [-0.39, 0.29) is 18.5 Å². The predicted molar refractivity (Wildman–Crippen MR) is 106 cm³/mol. The lowest BCUT2D eigenvalue weighted by atomic mass is 10.2. The Morgan fingerprint density at radius 2 is 1.73 bits per heavy atom. The first-order chi connectivity index (χ1) is 12.7. The number of benzene rings is 2. The zero-order valence-corrected chi connectivity index (χ0v) is 15.4. The number of hydrogen-bond donors (Lipinski definition) is 2. The van der Waals surface area contributed by atoms with Crippen LogP contribution in [0.4, 0.5) is 5.95 Å². The van der Waals surface area contributed by atoms with Gasteiger partial charge < -0.3 is 15.2 Å². The van der Waals surface area contributed by atoms with Gasteiger partial charge in [-0.05, 0) is 30.5 Å². The quantitative estimate of drug-likeness (QED) is 0.647. The van der Waals surface area contributed by atoms with Crippen molar-refractivity contribution in [1.29, 1.82) is 0 Å². The van der Waals surface area contributed by atoms with Crippen LogP contribution in [-0.4, -0.2) is 21.5 Å². The summed E-state index contributed by atoms with van der Waals surface area (Å²) in [5, 5.41) is 6.48. The number of carbonyl (C=O) groups is 1. The summed E-state index contributed by atoms with van der Waals surface area (Å²) >= 11 is 0. The highest BCUT2D eigenvalue weighted by Gasteiger charge is 2.15. The molecule has 3 rings (SSSR count). The fourth-order valence-electron chi connectivity index (χ4n) is 3.06. The molecule has 0 saturated heterocycles. The van der Waals surface area contributed by atoms with Crippen molar-refractivity contribution in [1.82, 2.24) is 14.9 Å². The first kappa shape index (κ1) is 18.0. The fraction of sp³-hybridized carbons (Fsp3) is 0.333. The number of rotatable bonds is 8. The molecule has 0 aliphatic rings. The van der Waals surface area contributed by atoms with Gasteiger partial charge in [-0.3, -0.25) is 4.79 Å². The van der Waals surface area contributed by atoms with Crippen LogP contribution in [0.25, 0.3) is 11.0 Å². The Morgan fingerprint density at radius 3 is 2.46 bits per heavy atom. The molecular weight excluding hydrogens is 324 g/mol. The van der Waals surface area contributed by atoms with Crippen LogP contribution in [0.1, 0.15) is 32.3 Å². The molecule has 5 nitrogen and oxygen atoms in total. The molecular formula is C21H26N4O. The number of nitrogens with zero attached hydrogens (tertiary/aromatic N) is 2. The number of nitrogens with one attached hydrogen (secondary N) is 2. The van der Waals surface area contributed by atoms with Crippen molar-refractivity contribution in [2.24, 2.45) is 0 Å². The minimum atomic E-state index is 0.0182. The molecule has 2 N–H and O–H groups in total. The molecule has 0 fully saturated rings. The second kappa shape index (κ2) is 8.52. The first-order valence-electron chi connectivity index (χ1n) is 9.23. The van der Waals surface area contributed by atoms with E-state index < -0.39 is 0 Å². The molecule has 1 amide bonds. The van der Waals surface area contributed by atoms with Gasteiger partial charge in [-0.15, -0.1) is 0 Å². The monoisotopic (exact) mass is 350 g/mol. The Balaban J connectivity index is 1.81. The van der Waals surface area contributed by atoms with Crippen molar-refractivity contribution in [2.45, 2.75) is 45.8 Å². The third kappa shape index (κ3) is 4.23. The summed E-state index contributed by atoms with van der Waals surface area (Å²) in [5.41, 5.74) is 3.02. The normalized spacial score (nSPS) is 11.0. The number of para-hydroxylation sites is 2. The largest absolute Gasteiger partial charge is 0.352 e. The lowest BCUT2D eigenvalue weighted by molar-refractivity contribution is -0.122. The van der Waals surface area contributed by atoms with Gasteiger partial charge in [-0.1, -0.05) is 56.3 Å². The highest BCUT2D eigenvalue weighted by Crippen LogP contribution is 2.20. The molecule has 0 aliphatic heterocycles. The molecule has 0 spiro atoms. The van der Waals surface area contributed by atoms with Crippen LogP contribution in [0.5, 0.6) is 0 Å². The third-order valence-corrected chi connectivity index (χ3v) is 4.60. The van der Waals surface area contributed by atoms with Crippen molar-refractivity contribution in [2.75, 3.05) is 5.32 Å². The predicted octanol–water partition coefficient (Wildman–Crippen LogP) is 3.95. The minimum absolute atomic E-state index is 0.0182. The Kier molecular flexibility index (Phi) is 5.89. The lowest BCUT2D eigenvalue weighted by Gasteiger charge is -2.16. The first-order valence-corrected chi connectivity index (χ1v) is 9.23. The summed E-state index contributed by atoms with van der Waals surface area (Å²) in [6.45, 7) is 5.11. The number of imidazole rings is 1. The van der Waals surface area contributed by atoms with Crippen LogP contribution in [0.15, 0.2) is 54.6 Å². The highest BCUT2D eigenvalue weighted by atomic mass is 16.2. The number of anilines is 1. The fourth-order valence-corrected chi connectivity index (χ4v) is 3.06. The van der Waals surface area contributed by atoms with E-state index in [1.807, 2.05) is 47.0 Å². The maximum atomic E-state index is 12.5. The lowest BCUT2D eigenvalue weighted by Crippen LogP contribution is -2.36. The molecule has 0 radical (unpaired) electrons. The van der Waals surface area contributed by atoms with Crippen molar-refractivity contribution in [3.05, 3.63) is 60.2 Å². The number of amides is 1. The molecule has 1 heterocycles. The minimum Gasteiger partial charge on any atom is -0.352 e. The number of carbonyl (C=O) groups excluding carboxylic acids is 1. The van der Waals surface area contributed by atoms with Gasteiger partial charge in [-0.25, -0.2) is 4.98 Å². The molecule has 5 heteroatoms. The smallest absolute Gasteiger partial charge is 0.240 e. The van der Waals surface area contributed by atoms with Gasteiger partial charge in [0.05, 0.1) is 11.0 Å². The zero-order valence-electron chi connectivity index (χ0n) is 15.4. The summed E-state index contributed by atoms with van der Waals surface area (Å²) in [6.07, 6.45) is 1.87. The average molecular weight is 350 g/mol. The molecule has 0 saturated carbocycles. The third-order valence-electron chi connectivity index (χ3n) is 4.60. The Bertz CT molecular complexity index is 853. The van der Waals surface area contributed by atoms with Gasteiger partial charge in [0.1, 0.15) is 6.54 Å². The number of hydrogen-bond acceptors (Lipinski definition) is 3. The van der Waals surface area contributed by atoms with Gasteiger partial charge in [0.2, 0.25) is 11.9 Å². The second-order valence-electron chi connectivity index (χ2n) is 6.43. The van der Waals surface area contributed by atoms with E-state index in [1.54, 1.807) is 0 Å². The maximum Gasteiger partial charge on any atom is 0.240 e. The molecule has 0 atom stereocenters. The highest BCUT2D eigenvalue weighted by molar-refractivity contribution is 5.83. The molecule has 3 aromatic rings. The van der Waals surface area contributed by atoms with E-state index in [0.717, 1.165) is 29.8 Å². The van der Waals surface area contributed by atoms with Crippen LogP contribution < -0.4 is 10.6 Å². The Labute approximate surface area is 154 Å². The van der Waals surface area contributed by atoms with Crippen molar-refractivity contribution in [3.63, 3.8) is 0 Å². The summed E-state index contributed by atoms with van der Waals surface area (Å²) in [5.74, 6) is 0.736. The topological polar surface area (TPSA) is 59.0 Å². The Hall–Kier alpha value is -2.82. The summed E-state index contributed by atoms with van der Waals surface area (Å²) in [6, 6.07) is 18.3. The van der Waals surface area contributed by atoms with Crippen LogP contribution in [0, 0.1) is 0 Å². The molecule has 0 bridgehead atoms. The zero-order chi connectivity index (χ0) is 18.4. The number of fused-ring (bicyclic) bond motifs is 1. The molecule has 136 valence electrons. The van der Waals surface area contributed by atoms with Gasteiger partial charge in [0.15, 0.2) is 0 Å². The van der Waals surface area contributed by atoms with Crippen LogP contribution >= 0.6 is 0 Å². The van der Waals surface area contributed by atoms with Gasteiger partial charge in [0, 0.05) is 12.6 Å².